The summed E-state index contributed by atoms with van der Waals surface area (Å²) < 4.78 is 10.7. The van der Waals surface area contributed by atoms with E-state index in [-0.39, 0.29) is 5.91 Å². The fraction of sp³-hybridized carbons (Fsp3) is 0.462. The lowest BCUT2D eigenvalue weighted by atomic mass is 10.1. The Morgan fingerprint density at radius 3 is 2.59 bits per heavy atom. The molecule has 1 aromatic rings. The largest absolute Gasteiger partial charge is 0.497 e. The molecule has 0 atom stereocenters. The summed E-state index contributed by atoms with van der Waals surface area (Å²) in [7, 11) is 1.63. The van der Waals surface area contributed by atoms with Crippen LogP contribution in [-0.4, -0.2) is 26.2 Å². The Balaban J connectivity index is 2.54. The second-order valence-electron chi connectivity index (χ2n) is 3.70. The Morgan fingerprint density at radius 1 is 1.29 bits per heavy atom. The molecular weight excluding hydrogens is 218 g/mol. The molecule has 0 spiro atoms. The van der Waals surface area contributed by atoms with Crippen LogP contribution in [-0.2, 0) is 11.2 Å². The van der Waals surface area contributed by atoms with Gasteiger partial charge < -0.3 is 14.8 Å². The van der Waals surface area contributed by atoms with E-state index in [1.807, 2.05) is 18.2 Å². The van der Waals surface area contributed by atoms with Gasteiger partial charge in [-0.15, -0.1) is 0 Å². The number of amides is 1. The van der Waals surface area contributed by atoms with Gasteiger partial charge in [0.05, 0.1) is 13.7 Å². The highest BCUT2D eigenvalue weighted by Gasteiger charge is 2.01. The van der Waals surface area contributed by atoms with Gasteiger partial charge in [-0.05, 0) is 24.1 Å². The van der Waals surface area contributed by atoms with Crippen molar-refractivity contribution < 1.29 is 14.3 Å². The zero-order chi connectivity index (χ0) is 12.7. The lowest BCUT2D eigenvalue weighted by Crippen LogP contribution is -2.25. The number of benzene rings is 1. The minimum Gasteiger partial charge on any atom is -0.497 e. The summed E-state index contributed by atoms with van der Waals surface area (Å²) >= 11 is 0. The van der Waals surface area contributed by atoms with Crippen molar-refractivity contribution in [3.8, 4) is 11.5 Å². The molecule has 0 bridgehead atoms. The van der Waals surface area contributed by atoms with Gasteiger partial charge in [0.15, 0.2) is 0 Å². The summed E-state index contributed by atoms with van der Waals surface area (Å²) in [5.74, 6) is 1.51. The first-order chi connectivity index (χ1) is 8.15. The van der Waals surface area contributed by atoms with E-state index >= 15 is 0 Å². The van der Waals surface area contributed by atoms with Crippen molar-refractivity contribution in [2.24, 2.45) is 0 Å². The summed E-state index contributed by atoms with van der Waals surface area (Å²) in [5, 5.41) is 2.68. The van der Waals surface area contributed by atoms with E-state index in [0.29, 0.717) is 13.2 Å². The molecule has 0 unspecified atom stereocenters. The van der Waals surface area contributed by atoms with Crippen LogP contribution in [0.4, 0.5) is 0 Å². The fourth-order valence-corrected chi connectivity index (χ4v) is 1.43. The van der Waals surface area contributed by atoms with Crippen LogP contribution in [0.3, 0.4) is 0 Å². The standard InChI is InChI=1S/C13H19NO3/c1-4-11-7-12(16-3)9-13(8-11)17-6-5-14-10(2)15/h7-9H,4-6H2,1-3H3,(H,14,15). The van der Waals surface area contributed by atoms with Crippen LogP contribution < -0.4 is 14.8 Å². The molecular formula is C13H19NO3. The summed E-state index contributed by atoms with van der Waals surface area (Å²) in [4.78, 5) is 10.7. The van der Waals surface area contributed by atoms with Crippen LogP contribution in [0.15, 0.2) is 18.2 Å². The molecule has 0 heterocycles. The minimum absolute atomic E-state index is 0.0477. The number of nitrogens with one attached hydrogen (secondary N) is 1. The number of hydrogen-bond acceptors (Lipinski definition) is 3. The average Bonchev–Trinajstić information content (AvgIpc) is 2.34. The lowest BCUT2D eigenvalue weighted by Gasteiger charge is -2.10. The third kappa shape index (κ3) is 4.76. The zero-order valence-electron chi connectivity index (χ0n) is 10.6. The minimum atomic E-state index is -0.0477. The third-order valence-corrected chi connectivity index (χ3v) is 2.33. The molecule has 0 fully saturated rings. The van der Waals surface area contributed by atoms with Crippen LogP contribution >= 0.6 is 0 Å². The van der Waals surface area contributed by atoms with E-state index in [9.17, 15) is 4.79 Å². The van der Waals surface area contributed by atoms with Gasteiger partial charge in [0.25, 0.3) is 0 Å². The quantitative estimate of drug-likeness (QED) is 0.767. The molecule has 1 rings (SSSR count). The van der Waals surface area contributed by atoms with E-state index in [1.54, 1.807) is 7.11 Å². The predicted octanol–water partition coefficient (Wildman–Crippen LogP) is 1.77. The maximum absolute atomic E-state index is 10.7. The molecule has 0 aromatic heterocycles. The van der Waals surface area contributed by atoms with E-state index in [2.05, 4.69) is 12.2 Å². The van der Waals surface area contributed by atoms with Gasteiger partial charge in [0, 0.05) is 13.0 Å². The van der Waals surface area contributed by atoms with Gasteiger partial charge >= 0.3 is 0 Å². The second-order valence-corrected chi connectivity index (χ2v) is 3.70. The number of aryl methyl sites for hydroxylation is 1. The maximum atomic E-state index is 10.7. The molecule has 1 N–H and O–H groups in total. The van der Waals surface area contributed by atoms with Crippen LogP contribution in [0.25, 0.3) is 0 Å². The van der Waals surface area contributed by atoms with Crippen molar-refractivity contribution >= 4 is 5.91 Å². The Hall–Kier alpha value is -1.71. The first-order valence-electron chi connectivity index (χ1n) is 5.71. The Kier molecular flexibility index (Phi) is 5.33. The second kappa shape index (κ2) is 6.78. The lowest BCUT2D eigenvalue weighted by molar-refractivity contribution is -0.119. The van der Waals surface area contributed by atoms with E-state index in [1.165, 1.54) is 12.5 Å². The van der Waals surface area contributed by atoms with Gasteiger partial charge in [0.1, 0.15) is 18.1 Å². The molecule has 17 heavy (non-hydrogen) atoms. The summed E-state index contributed by atoms with van der Waals surface area (Å²) in [6.45, 7) is 4.53. The van der Waals surface area contributed by atoms with Gasteiger partial charge in [-0.3, -0.25) is 4.79 Å². The highest BCUT2D eigenvalue weighted by Crippen LogP contribution is 2.22. The van der Waals surface area contributed by atoms with Crippen LogP contribution in [0, 0.1) is 0 Å². The molecule has 4 nitrogen and oxygen atoms in total. The molecule has 1 amide bonds. The number of carbonyl (C=O) groups is 1. The van der Waals surface area contributed by atoms with Gasteiger partial charge in [-0.1, -0.05) is 6.92 Å². The van der Waals surface area contributed by atoms with Crippen LogP contribution in [0.1, 0.15) is 19.4 Å². The predicted molar refractivity (Wildman–Crippen MR) is 66.6 cm³/mol. The monoisotopic (exact) mass is 237 g/mol. The molecule has 4 heteroatoms. The first-order valence-corrected chi connectivity index (χ1v) is 5.71. The molecule has 0 radical (unpaired) electrons. The number of ether oxygens (including phenoxy) is 2. The summed E-state index contributed by atoms with van der Waals surface area (Å²) in [5.41, 5.74) is 1.17. The molecule has 0 saturated heterocycles. The van der Waals surface area contributed by atoms with Gasteiger partial charge in [-0.25, -0.2) is 0 Å². The zero-order valence-corrected chi connectivity index (χ0v) is 10.6. The van der Waals surface area contributed by atoms with E-state index < -0.39 is 0 Å². The van der Waals surface area contributed by atoms with Gasteiger partial charge in [-0.2, -0.15) is 0 Å². The number of rotatable bonds is 6. The van der Waals surface area contributed by atoms with Crippen molar-refractivity contribution in [1.82, 2.24) is 5.32 Å². The van der Waals surface area contributed by atoms with E-state index in [0.717, 1.165) is 17.9 Å². The van der Waals surface area contributed by atoms with Crippen LogP contribution in [0.5, 0.6) is 11.5 Å². The number of carbonyl (C=O) groups excluding carboxylic acids is 1. The van der Waals surface area contributed by atoms with E-state index in [4.69, 9.17) is 9.47 Å². The van der Waals surface area contributed by atoms with Crippen molar-refractivity contribution in [3.63, 3.8) is 0 Å². The maximum Gasteiger partial charge on any atom is 0.216 e. The summed E-state index contributed by atoms with van der Waals surface area (Å²) in [6, 6.07) is 5.81. The number of hydrogen-bond donors (Lipinski definition) is 1. The Morgan fingerprint density at radius 2 is 2.00 bits per heavy atom. The SMILES string of the molecule is CCc1cc(OC)cc(OCCNC(C)=O)c1. The van der Waals surface area contributed by atoms with Crippen molar-refractivity contribution in [2.45, 2.75) is 20.3 Å². The molecule has 1 aromatic carbocycles. The van der Waals surface area contributed by atoms with Crippen molar-refractivity contribution in [1.29, 1.82) is 0 Å². The van der Waals surface area contributed by atoms with Crippen molar-refractivity contribution in [2.75, 3.05) is 20.3 Å². The molecule has 0 saturated carbocycles. The molecule has 0 aliphatic rings. The molecule has 0 aliphatic carbocycles. The molecule has 94 valence electrons. The van der Waals surface area contributed by atoms with Crippen LogP contribution in [0.2, 0.25) is 0 Å². The third-order valence-electron chi connectivity index (χ3n) is 2.33. The smallest absolute Gasteiger partial charge is 0.216 e. The Bertz CT molecular complexity index is 355. The molecule has 0 aliphatic heterocycles. The normalized spacial score (nSPS) is 9.82. The average molecular weight is 237 g/mol. The Labute approximate surface area is 102 Å². The fourth-order valence-electron chi connectivity index (χ4n) is 1.43. The van der Waals surface area contributed by atoms with Crippen molar-refractivity contribution in [3.05, 3.63) is 23.8 Å². The highest BCUT2D eigenvalue weighted by atomic mass is 16.5. The topological polar surface area (TPSA) is 47.6 Å². The first kappa shape index (κ1) is 13.4. The number of methoxy groups -OCH3 is 1. The summed E-state index contributed by atoms with van der Waals surface area (Å²) in [6.07, 6.45) is 0.930. The highest BCUT2D eigenvalue weighted by molar-refractivity contribution is 5.72. The van der Waals surface area contributed by atoms with Gasteiger partial charge in [0.2, 0.25) is 5.91 Å².